The summed E-state index contributed by atoms with van der Waals surface area (Å²) in [7, 11) is 0. The van der Waals surface area contributed by atoms with Crippen molar-refractivity contribution in [2.45, 2.75) is 0 Å². The highest BCUT2D eigenvalue weighted by molar-refractivity contribution is 6.11. The first-order chi connectivity index (χ1) is 11.4. The van der Waals surface area contributed by atoms with Gasteiger partial charge in [-0.2, -0.15) is 0 Å². The minimum Gasteiger partial charge on any atom is -0.150 e. The van der Waals surface area contributed by atoms with Crippen molar-refractivity contribution in [2.24, 2.45) is 0 Å². The van der Waals surface area contributed by atoms with Crippen LogP contribution >= 0.6 is 0 Å². The summed E-state index contributed by atoms with van der Waals surface area (Å²) in [4.78, 5) is 1.75. The molecule has 5 aromatic rings. The summed E-state index contributed by atoms with van der Waals surface area (Å²) in [6.07, 6.45) is 0. The molecule has 1 heterocycles. The Bertz CT molecular complexity index is 1140. The molecule has 0 aliphatic carbocycles. The van der Waals surface area contributed by atoms with Gasteiger partial charge < -0.3 is 0 Å². The normalized spacial score (nSPS) is 11.5. The van der Waals surface area contributed by atoms with E-state index in [1.807, 2.05) is 24.3 Å². The Kier molecular flexibility index (Phi) is 2.50. The lowest BCUT2D eigenvalue weighted by atomic mass is 10.0. The summed E-state index contributed by atoms with van der Waals surface area (Å²) in [5, 5.41) is 14.1. The first kappa shape index (κ1) is 12.4. The van der Waals surface area contributed by atoms with Crippen LogP contribution in [0.4, 0.5) is 0 Å². The van der Waals surface area contributed by atoms with Gasteiger partial charge in [0.25, 0.3) is 0 Å². The first-order valence-corrected chi connectivity index (χ1v) is 7.63. The van der Waals surface area contributed by atoms with E-state index >= 15 is 0 Å². The third-order valence-electron chi connectivity index (χ3n) is 4.25. The largest absolute Gasteiger partial charge is 0.150 e. The molecule has 1 aromatic heterocycles. The van der Waals surface area contributed by atoms with Gasteiger partial charge in [0.15, 0.2) is 0 Å². The average Bonchev–Trinajstić information content (AvgIpc) is 3.05. The SMILES string of the molecule is c1ccc2c(c1)cc(-n1nc3ccccc3n1)c1ccccc12. The molecule has 4 aromatic carbocycles. The van der Waals surface area contributed by atoms with Crippen LogP contribution in [-0.4, -0.2) is 15.0 Å². The predicted octanol–water partition coefficient (Wildman–Crippen LogP) is 4.73. The maximum Gasteiger partial charge on any atom is 0.113 e. The molecule has 0 atom stereocenters. The molecule has 0 saturated carbocycles. The van der Waals surface area contributed by atoms with Crippen molar-refractivity contribution >= 4 is 32.6 Å². The van der Waals surface area contributed by atoms with E-state index in [9.17, 15) is 0 Å². The van der Waals surface area contributed by atoms with Crippen LogP contribution in [0.25, 0.3) is 38.3 Å². The van der Waals surface area contributed by atoms with E-state index in [1.54, 1.807) is 4.80 Å². The van der Waals surface area contributed by atoms with Crippen molar-refractivity contribution in [1.82, 2.24) is 15.0 Å². The highest BCUT2D eigenvalue weighted by atomic mass is 15.5. The molecular formula is C20H13N3. The van der Waals surface area contributed by atoms with Crippen molar-refractivity contribution in [1.29, 1.82) is 0 Å². The van der Waals surface area contributed by atoms with Gasteiger partial charge in [-0.25, -0.2) is 0 Å². The van der Waals surface area contributed by atoms with Gasteiger partial charge in [0.1, 0.15) is 11.0 Å². The summed E-state index contributed by atoms with van der Waals surface area (Å²) >= 11 is 0. The van der Waals surface area contributed by atoms with Crippen LogP contribution in [0.2, 0.25) is 0 Å². The summed E-state index contributed by atoms with van der Waals surface area (Å²) in [6, 6.07) is 27.0. The molecule has 5 rings (SSSR count). The second kappa shape index (κ2) is 4.65. The average molecular weight is 295 g/mol. The van der Waals surface area contributed by atoms with E-state index in [1.165, 1.54) is 16.2 Å². The van der Waals surface area contributed by atoms with Crippen molar-refractivity contribution in [2.75, 3.05) is 0 Å². The molecule has 23 heavy (non-hydrogen) atoms. The Balaban J connectivity index is 1.92. The van der Waals surface area contributed by atoms with Gasteiger partial charge in [0, 0.05) is 5.39 Å². The van der Waals surface area contributed by atoms with Crippen LogP contribution in [0.15, 0.2) is 78.9 Å². The Morgan fingerprint density at radius 1 is 0.565 bits per heavy atom. The standard InChI is InChI=1S/C20H13N3/c1-2-8-15-14(7-1)13-20(17-10-4-3-9-16(15)17)23-21-18-11-5-6-12-19(18)22-23/h1-13H. The van der Waals surface area contributed by atoms with Crippen molar-refractivity contribution < 1.29 is 0 Å². The van der Waals surface area contributed by atoms with Crippen LogP contribution in [0.1, 0.15) is 0 Å². The monoisotopic (exact) mass is 295 g/mol. The molecule has 0 N–H and O–H groups in total. The smallest absolute Gasteiger partial charge is 0.113 e. The van der Waals surface area contributed by atoms with Crippen molar-refractivity contribution in [3.05, 3.63) is 78.9 Å². The minimum atomic E-state index is 0.907. The lowest BCUT2D eigenvalue weighted by Gasteiger charge is -2.09. The fourth-order valence-electron chi connectivity index (χ4n) is 3.17. The molecule has 0 aliphatic heterocycles. The van der Waals surface area contributed by atoms with Crippen LogP contribution < -0.4 is 0 Å². The van der Waals surface area contributed by atoms with Gasteiger partial charge >= 0.3 is 0 Å². The number of hydrogen-bond donors (Lipinski definition) is 0. The second-order valence-corrected chi connectivity index (χ2v) is 5.64. The zero-order chi connectivity index (χ0) is 15.2. The molecule has 0 bridgehead atoms. The highest BCUT2D eigenvalue weighted by Crippen LogP contribution is 2.30. The lowest BCUT2D eigenvalue weighted by molar-refractivity contribution is 0.772. The zero-order valence-corrected chi connectivity index (χ0v) is 12.3. The van der Waals surface area contributed by atoms with Crippen LogP contribution in [-0.2, 0) is 0 Å². The first-order valence-electron chi connectivity index (χ1n) is 7.63. The minimum absolute atomic E-state index is 0.907. The Morgan fingerprint density at radius 3 is 1.87 bits per heavy atom. The number of benzene rings is 4. The van der Waals surface area contributed by atoms with Crippen LogP contribution in [0, 0.1) is 0 Å². The number of fused-ring (bicyclic) bond motifs is 4. The Labute approximate surface area is 132 Å². The summed E-state index contributed by atoms with van der Waals surface area (Å²) < 4.78 is 0. The molecule has 0 unspecified atom stereocenters. The van der Waals surface area contributed by atoms with Crippen LogP contribution in [0.5, 0.6) is 0 Å². The molecule has 0 radical (unpaired) electrons. The van der Waals surface area contributed by atoms with E-state index in [-0.39, 0.29) is 0 Å². The second-order valence-electron chi connectivity index (χ2n) is 5.64. The summed E-state index contributed by atoms with van der Waals surface area (Å²) in [5.74, 6) is 0. The number of hydrogen-bond acceptors (Lipinski definition) is 2. The van der Waals surface area contributed by atoms with Crippen LogP contribution in [0.3, 0.4) is 0 Å². The van der Waals surface area contributed by atoms with Gasteiger partial charge in [-0.15, -0.1) is 15.0 Å². The molecule has 0 aliphatic rings. The van der Waals surface area contributed by atoms with E-state index in [2.05, 4.69) is 64.8 Å². The van der Waals surface area contributed by atoms with E-state index in [0.717, 1.165) is 22.1 Å². The molecule has 108 valence electrons. The van der Waals surface area contributed by atoms with Gasteiger partial charge in [0.05, 0.1) is 5.69 Å². The molecule has 3 nitrogen and oxygen atoms in total. The molecule has 0 spiro atoms. The molecule has 0 fully saturated rings. The van der Waals surface area contributed by atoms with E-state index in [4.69, 9.17) is 0 Å². The number of nitrogens with zero attached hydrogens (tertiary/aromatic N) is 3. The van der Waals surface area contributed by atoms with Gasteiger partial charge in [-0.1, -0.05) is 60.7 Å². The van der Waals surface area contributed by atoms with Gasteiger partial charge in [-0.3, -0.25) is 0 Å². The highest BCUT2D eigenvalue weighted by Gasteiger charge is 2.10. The maximum absolute atomic E-state index is 4.65. The molecular weight excluding hydrogens is 282 g/mol. The van der Waals surface area contributed by atoms with E-state index < -0.39 is 0 Å². The van der Waals surface area contributed by atoms with E-state index in [0.29, 0.717) is 0 Å². The summed E-state index contributed by atoms with van der Waals surface area (Å²) in [6.45, 7) is 0. The zero-order valence-electron chi connectivity index (χ0n) is 12.3. The predicted molar refractivity (Wildman–Crippen MR) is 93.9 cm³/mol. The van der Waals surface area contributed by atoms with Crippen molar-refractivity contribution in [3.8, 4) is 5.69 Å². The topological polar surface area (TPSA) is 30.7 Å². The van der Waals surface area contributed by atoms with Crippen molar-refractivity contribution in [3.63, 3.8) is 0 Å². The lowest BCUT2D eigenvalue weighted by Crippen LogP contribution is -2.00. The molecule has 3 heteroatoms. The fourth-order valence-corrected chi connectivity index (χ4v) is 3.17. The number of rotatable bonds is 1. The third kappa shape index (κ3) is 1.83. The van der Waals surface area contributed by atoms with Gasteiger partial charge in [0.2, 0.25) is 0 Å². The summed E-state index contributed by atoms with van der Waals surface area (Å²) in [5.41, 5.74) is 2.82. The third-order valence-corrected chi connectivity index (χ3v) is 4.25. The van der Waals surface area contributed by atoms with Gasteiger partial charge in [-0.05, 0) is 34.4 Å². The molecule has 0 saturated heterocycles. The quantitative estimate of drug-likeness (QED) is 0.419. The maximum atomic E-state index is 4.65. The molecule has 0 amide bonds. The Morgan fingerprint density at radius 2 is 1.13 bits per heavy atom. The Hall–Kier alpha value is -3.20. The number of aromatic nitrogens is 3. The fraction of sp³-hybridized carbons (Fsp3) is 0.